The van der Waals surface area contributed by atoms with Gasteiger partial charge in [0.25, 0.3) is 0 Å². The third-order valence-corrected chi connectivity index (χ3v) is 4.71. The van der Waals surface area contributed by atoms with E-state index in [9.17, 15) is 4.79 Å². The number of anilines is 1. The molecule has 1 heterocycles. The topological polar surface area (TPSA) is 43.1 Å². The number of aryl methyl sites for hydroxylation is 2. The zero-order valence-corrected chi connectivity index (χ0v) is 13.4. The Bertz CT molecular complexity index is 834. The quantitative estimate of drug-likeness (QED) is 0.703. The van der Waals surface area contributed by atoms with Crippen LogP contribution in [0.15, 0.2) is 53.9 Å². The molecule has 2 aromatic carbocycles. The molecule has 3 aromatic rings. The first kappa shape index (κ1) is 14.5. The molecule has 1 aromatic heterocycles. The predicted molar refractivity (Wildman–Crippen MR) is 93.5 cm³/mol. The minimum absolute atomic E-state index is 0.0132. The van der Waals surface area contributed by atoms with Gasteiger partial charge < -0.3 is 5.73 Å². The van der Waals surface area contributed by atoms with Crippen LogP contribution in [0.2, 0.25) is 0 Å². The summed E-state index contributed by atoms with van der Waals surface area (Å²) in [5.41, 5.74) is 11.6. The van der Waals surface area contributed by atoms with Crippen molar-refractivity contribution in [3.05, 3.63) is 76.2 Å². The number of nitrogens with two attached hydrogens (primary N) is 1. The van der Waals surface area contributed by atoms with E-state index in [1.807, 2.05) is 67.8 Å². The minimum Gasteiger partial charge on any atom is -0.390 e. The van der Waals surface area contributed by atoms with Crippen LogP contribution in [0.1, 0.15) is 27.0 Å². The van der Waals surface area contributed by atoms with E-state index in [2.05, 4.69) is 0 Å². The van der Waals surface area contributed by atoms with Gasteiger partial charge in [0, 0.05) is 16.5 Å². The highest BCUT2D eigenvalue weighted by Gasteiger charge is 2.20. The Balaban J connectivity index is 2.10. The summed E-state index contributed by atoms with van der Waals surface area (Å²) >= 11 is 1.41. The van der Waals surface area contributed by atoms with Gasteiger partial charge in [-0.05, 0) is 36.6 Å². The number of hydrogen-bond donors (Lipinski definition) is 1. The van der Waals surface area contributed by atoms with Gasteiger partial charge in [0.15, 0.2) is 5.78 Å². The molecule has 3 rings (SSSR count). The summed E-state index contributed by atoms with van der Waals surface area (Å²) in [6.07, 6.45) is 0. The maximum Gasteiger partial charge on any atom is 0.196 e. The molecular weight excluding hydrogens is 290 g/mol. The van der Waals surface area contributed by atoms with E-state index in [0.29, 0.717) is 16.1 Å². The molecule has 0 aliphatic heterocycles. The third-order valence-electron chi connectivity index (χ3n) is 3.90. The van der Waals surface area contributed by atoms with Crippen molar-refractivity contribution >= 4 is 22.1 Å². The van der Waals surface area contributed by atoms with E-state index >= 15 is 0 Å². The second-order valence-corrected chi connectivity index (χ2v) is 6.29. The van der Waals surface area contributed by atoms with Crippen molar-refractivity contribution in [3.8, 4) is 11.1 Å². The number of carbonyl (C=O) groups is 1. The number of carbonyl (C=O) groups excluding carboxylic acids is 1. The monoisotopic (exact) mass is 307 g/mol. The van der Waals surface area contributed by atoms with Gasteiger partial charge in [-0.25, -0.2) is 0 Å². The average Bonchev–Trinajstić information content (AvgIpc) is 2.92. The zero-order chi connectivity index (χ0) is 15.7. The maximum absolute atomic E-state index is 12.9. The normalized spacial score (nSPS) is 10.6. The Labute approximate surface area is 134 Å². The van der Waals surface area contributed by atoms with Gasteiger partial charge in [0.1, 0.15) is 0 Å². The van der Waals surface area contributed by atoms with Crippen LogP contribution in [0.25, 0.3) is 11.1 Å². The summed E-state index contributed by atoms with van der Waals surface area (Å²) in [6, 6.07) is 15.7. The van der Waals surface area contributed by atoms with Crippen molar-refractivity contribution in [2.75, 3.05) is 5.73 Å². The fourth-order valence-electron chi connectivity index (χ4n) is 2.46. The minimum atomic E-state index is -0.0132. The van der Waals surface area contributed by atoms with Crippen molar-refractivity contribution in [1.82, 2.24) is 0 Å². The first-order valence-electron chi connectivity index (χ1n) is 7.12. The number of nitrogen functional groups attached to an aromatic ring is 1. The van der Waals surface area contributed by atoms with Crippen LogP contribution in [-0.4, -0.2) is 5.78 Å². The lowest BCUT2D eigenvalue weighted by Gasteiger charge is -2.07. The Hall–Kier alpha value is -2.39. The van der Waals surface area contributed by atoms with Crippen LogP contribution < -0.4 is 5.73 Å². The molecule has 0 amide bonds. The molecule has 0 aliphatic rings. The van der Waals surface area contributed by atoms with E-state index < -0.39 is 0 Å². The lowest BCUT2D eigenvalue weighted by atomic mass is 9.95. The highest BCUT2D eigenvalue weighted by Crippen LogP contribution is 2.35. The molecule has 22 heavy (non-hydrogen) atoms. The lowest BCUT2D eigenvalue weighted by Crippen LogP contribution is -2.05. The Morgan fingerprint density at radius 2 is 1.73 bits per heavy atom. The van der Waals surface area contributed by atoms with E-state index in [4.69, 9.17) is 5.73 Å². The molecule has 0 unspecified atom stereocenters. The first-order valence-corrected chi connectivity index (χ1v) is 8.00. The van der Waals surface area contributed by atoms with Crippen LogP contribution >= 0.6 is 11.3 Å². The summed E-state index contributed by atoms with van der Waals surface area (Å²) in [5.74, 6) is -0.0132. The maximum atomic E-state index is 12.9. The number of thiophene rings is 1. The molecule has 0 atom stereocenters. The van der Waals surface area contributed by atoms with Gasteiger partial charge >= 0.3 is 0 Å². The van der Waals surface area contributed by atoms with Gasteiger partial charge in [-0.3, -0.25) is 4.79 Å². The molecular formula is C19H17NOS. The van der Waals surface area contributed by atoms with Gasteiger partial charge in [-0.1, -0.05) is 42.5 Å². The van der Waals surface area contributed by atoms with Crippen LogP contribution in [0.5, 0.6) is 0 Å². The van der Waals surface area contributed by atoms with Crippen molar-refractivity contribution in [1.29, 1.82) is 0 Å². The highest BCUT2D eigenvalue weighted by molar-refractivity contribution is 7.15. The lowest BCUT2D eigenvalue weighted by molar-refractivity contribution is 0.104. The first-order chi connectivity index (χ1) is 10.6. The van der Waals surface area contributed by atoms with E-state index in [1.165, 1.54) is 16.9 Å². The zero-order valence-electron chi connectivity index (χ0n) is 12.6. The number of ketones is 1. The highest BCUT2D eigenvalue weighted by atomic mass is 32.1. The van der Waals surface area contributed by atoms with Gasteiger partial charge in [-0.2, -0.15) is 0 Å². The molecule has 0 saturated carbocycles. The third kappa shape index (κ3) is 2.55. The Morgan fingerprint density at radius 1 is 1.00 bits per heavy atom. The molecule has 0 aliphatic carbocycles. The number of rotatable bonds is 3. The van der Waals surface area contributed by atoms with Crippen LogP contribution in [0.4, 0.5) is 5.00 Å². The average molecular weight is 307 g/mol. The van der Waals surface area contributed by atoms with Crippen LogP contribution in [0.3, 0.4) is 0 Å². The largest absolute Gasteiger partial charge is 0.390 e. The second-order valence-electron chi connectivity index (χ2n) is 5.38. The van der Waals surface area contributed by atoms with Crippen molar-refractivity contribution in [2.45, 2.75) is 13.8 Å². The summed E-state index contributed by atoms with van der Waals surface area (Å²) in [7, 11) is 0. The van der Waals surface area contributed by atoms with Crippen molar-refractivity contribution in [2.24, 2.45) is 0 Å². The predicted octanol–water partition coefficient (Wildman–Crippen LogP) is 4.85. The molecule has 0 saturated heterocycles. The van der Waals surface area contributed by atoms with Crippen molar-refractivity contribution < 1.29 is 4.79 Å². The van der Waals surface area contributed by atoms with Gasteiger partial charge in [-0.15, -0.1) is 11.3 Å². The second kappa shape index (κ2) is 5.78. The summed E-state index contributed by atoms with van der Waals surface area (Å²) < 4.78 is 0. The number of benzene rings is 2. The summed E-state index contributed by atoms with van der Waals surface area (Å²) in [6.45, 7) is 4.05. The fraction of sp³-hybridized carbons (Fsp3) is 0.105. The molecule has 0 radical (unpaired) electrons. The van der Waals surface area contributed by atoms with E-state index in [-0.39, 0.29) is 5.78 Å². The fourth-order valence-corrected chi connectivity index (χ4v) is 3.28. The molecule has 0 fully saturated rings. The Morgan fingerprint density at radius 3 is 2.41 bits per heavy atom. The Kier molecular flexibility index (Phi) is 3.82. The van der Waals surface area contributed by atoms with Crippen LogP contribution in [0, 0.1) is 13.8 Å². The smallest absolute Gasteiger partial charge is 0.196 e. The molecule has 2 nitrogen and oxygen atoms in total. The molecule has 3 heteroatoms. The van der Waals surface area contributed by atoms with Gasteiger partial charge in [0.05, 0.1) is 10.6 Å². The summed E-state index contributed by atoms with van der Waals surface area (Å²) in [5, 5.41) is 2.53. The van der Waals surface area contributed by atoms with E-state index in [0.717, 1.165) is 16.7 Å². The van der Waals surface area contributed by atoms with Crippen LogP contribution in [-0.2, 0) is 0 Å². The van der Waals surface area contributed by atoms with Gasteiger partial charge in [0.2, 0.25) is 0 Å². The standard InChI is InChI=1S/C19H17NOS/c1-12-8-9-15(10-13(12)2)18(21)17-16(11-22-19(17)20)14-6-4-3-5-7-14/h3-11H,20H2,1-2H3. The SMILES string of the molecule is Cc1ccc(C(=O)c2c(-c3ccccc3)csc2N)cc1C. The molecule has 0 bridgehead atoms. The molecule has 110 valence electrons. The van der Waals surface area contributed by atoms with Crippen molar-refractivity contribution in [3.63, 3.8) is 0 Å². The van der Waals surface area contributed by atoms with E-state index in [1.54, 1.807) is 0 Å². The summed E-state index contributed by atoms with van der Waals surface area (Å²) in [4.78, 5) is 12.9. The molecule has 0 spiro atoms. The number of hydrogen-bond acceptors (Lipinski definition) is 3. The molecule has 2 N–H and O–H groups in total.